The number of hydrogen-bond donors (Lipinski definition) is 0. The highest BCUT2D eigenvalue weighted by Gasteiger charge is 2.41. The van der Waals surface area contributed by atoms with Gasteiger partial charge in [0.05, 0.1) is 7.11 Å². The summed E-state index contributed by atoms with van der Waals surface area (Å²) in [7, 11) is 0.313. The largest absolute Gasteiger partial charge is 0.468 e. The van der Waals surface area contributed by atoms with E-state index in [1.165, 1.54) is 7.11 Å². The molecule has 0 saturated heterocycles. The zero-order chi connectivity index (χ0) is 11.4. The molecule has 0 aromatic rings. The van der Waals surface area contributed by atoms with Crippen LogP contribution in [0.2, 0.25) is 0 Å². The molecule has 0 spiro atoms. The third-order valence-corrected chi connectivity index (χ3v) is 4.95. The molecule has 0 heterocycles. The Morgan fingerprint density at radius 1 is 1.53 bits per heavy atom. The van der Waals surface area contributed by atoms with E-state index < -0.39 is 10.8 Å². The average Bonchev–Trinajstić information content (AvgIpc) is 3.01. The number of ether oxygens (including phenoxy) is 1. The molecule has 3 nitrogen and oxygen atoms in total. The average molecular weight is 232 g/mol. The summed E-state index contributed by atoms with van der Waals surface area (Å²) in [6.45, 7) is 4.14. The molecule has 1 fully saturated rings. The fraction of sp³-hybridized carbons (Fsp3) is 0.909. The van der Waals surface area contributed by atoms with Crippen LogP contribution in [0.4, 0.5) is 0 Å². The van der Waals surface area contributed by atoms with Gasteiger partial charge >= 0.3 is 5.97 Å². The summed E-state index contributed by atoms with van der Waals surface area (Å²) in [4.78, 5) is 11.5. The van der Waals surface area contributed by atoms with Gasteiger partial charge in [-0.25, -0.2) is 0 Å². The molecule has 1 rings (SSSR count). The fourth-order valence-electron chi connectivity index (χ4n) is 1.53. The molecule has 15 heavy (non-hydrogen) atoms. The zero-order valence-electron chi connectivity index (χ0n) is 9.69. The van der Waals surface area contributed by atoms with Crippen LogP contribution in [0.15, 0.2) is 0 Å². The standard InChI is InChI=1S/C11H20O3S/c1-4-8(2)7-15(13)10(9-5-6-9)11(12)14-3/h8-10H,4-7H2,1-3H3. The van der Waals surface area contributed by atoms with Gasteiger partial charge in [-0.1, -0.05) is 20.3 Å². The van der Waals surface area contributed by atoms with E-state index in [9.17, 15) is 9.00 Å². The van der Waals surface area contributed by atoms with E-state index in [1.54, 1.807) is 0 Å². The SMILES string of the molecule is CCC(C)CS(=O)C(C(=O)OC)C1CC1. The normalized spacial score (nSPS) is 21.8. The second kappa shape index (κ2) is 5.64. The predicted molar refractivity (Wildman–Crippen MR) is 61.0 cm³/mol. The quantitative estimate of drug-likeness (QED) is 0.655. The van der Waals surface area contributed by atoms with Crippen molar-refractivity contribution in [3.8, 4) is 0 Å². The van der Waals surface area contributed by atoms with E-state index in [1.807, 2.05) is 0 Å². The van der Waals surface area contributed by atoms with Gasteiger partial charge in [0.15, 0.2) is 0 Å². The molecule has 0 bridgehead atoms. The Balaban J connectivity index is 2.55. The number of carbonyl (C=O) groups is 1. The van der Waals surface area contributed by atoms with E-state index in [4.69, 9.17) is 4.74 Å². The van der Waals surface area contributed by atoms with E-state index in [2.05, 4.69) is 13.8 Å². The van der Waals surface area contributed by atoms with Crippen LogP contribution < -0.4 is 0 Å². The van der Waals surface area contributed by atoms with E-state index in [0.29, 0.717) is 17.6 Å². The molecular formula is C11H20O3S. The monoisotopic (exact) mass is 232 g/mol. The summed E-state index contributed by atoms with van der Waals surface area (Å²) in [6, 6.07) is 0. The third kappa shape index (κ3) is 3.59. The number of methoxy groups -OCH3 is 1. The van der Waals surface area contributed by atoms with Crippen LogP contribution in [0.1, 0.15) is 33.1 Å². The van der Waals surface area contributed by atoms with E-state index in [-0.39, 0.29) is 11.2 Å². The van der Waals surface area contributed by atoms with Crippen LogP contribution >= 0.6 is 0 Å². The second-order valence-electron chi connectivity index (χ2n) is 4.34. The van der Waals surface area contributed by atoms with Crippen LogP contribution in [0.3, 0.4) is 0 Å². The maximum atomic E-state index is 12.0. The number of esters is 1. The van der Waals surface area contributed by atoms with E-state index in [0.717, 1.165) is 19.3 Å². The topological polar surface area (TPSA) is 43.4 Å². The van der Waals surface area contributed by atoms with Crippen molar-refractivity contribution in [2.45, 2.75) is 38.4 Å². The number of carbonyl (C=O) groups excluding carboxylic acids is 1. The van der Waals surface area contributed by atoms with Gasteiger partial charge in [-0.05, 0) is 24.7 Å². The van der Waals surface area contributed by atoms with Gasteiger partial charge in [-0.15, -0.1) is 0 Å². The maximum Gasteiger partial charge on any atom is 0.321 e. The summed E-state index contributed by atoms with van der Waals surface area (Å²) in [6.07, 6.45) is 3.04. The molecule has 0 aromatic carbocycles. The van der Waals surface area contributed by atoms with Gasteiger partial charge in [-0.2, -0.15) is 0 Å². The Labute approximate surface area is 94.0 Å². The molecule has 3 unspecified atom stereocenters. The van der Waals surface area contributed by atoms with Crippen molar-refractivity contribution in [3.63, 3.8) is 0 Å². The van der Waals surface area contributed by atoms with Crippen molar-refractivity contribution < 1.29 is 13.7 Å². The van der Waals surface area contributed by atoms with Crippen molar-refractivity contribution in [2.75, 3.05) is 12.9 Å². The first-order valence-electron chi connectivity index (χ1n) is 5.55. The zero-order valence-corrected chi connectivity index (χ0v) is 10.5. The minimum absolute atomic E-state index is 0.292. The summed E-state index contributed by atoms with van der Waals surface area (Å²) in [5.41, 5.74) is 0. The molecule has 1 saturated carbocycles. The lowest BCUT2D eigenvalue weighted by Gasteiger charge is -2.15. The minimum Gasteiger partial charge on any atom is -0.468 e. The van der Waals surface area contributed by atoms with Crippen molar-refractivity contribution >= 4 is 16.8 Å². The summed E-state index contributed by atoms with van der Waals surface area (Å²) < 4.78 is 16.7. The first kappa shape index (κ1) is 12.7. The predicted octanol–water partition coefficient (Wildman–Crippen LogP) is 1.73. The lowest BCUT2D eigenvalue weighted by Crippen LogP contribution is -2.32. The van der Waals surface area contributed by atoms with Crippen molar-refractivity contribution in [2.24, 2.45) is 11.8 Å². The van der Waals surface area contributed by atoms with Gasteiger partial charge < -0.3 is 4.74 Å². The number of rotatable bonds is 6. The van der Waals surface area contributed by atoms with Gasteiger partial charge in [-0.3, -0.25) is 9.00 Å². The molecule has 88 valence electrons. The molecule has 3 atom stereocenters. The Hall–Kier alpha value is -0.380. The van der Waals surface area contributed by atoms with Gasteiger partial charge in [0.1, 0.15) is 5.25 Å². The third-order valence-electron chi connectivity index (χ3n) is 2.91. The molecule has 0 aliphatic heterocycles. The lowest BCUT2D eigenvalue weighted by molar-refractivity contribution is -0.140. The number of hydrogen-bond acceptors (Lipinski definition) is 3. The molecule has 4 heteroatoms. The molecule has 1 aliphatic rings. The molecular weight excluding hydrogens is 212 g/mol. The molecule has 0 amide bonds. The highest BCUT2D eigenvalue weighted by molar-refractivity contribution is 7.86. The van der Waals surface area contributed by atoms with Crippen LogP contribution in [-0.2, 0) is 20.3 Å². The Kier molecular flexibility index (Phi) is 4.77. The lowest BCUT2D eigenvalue weighted by atomic mass is 10.2. The van der Waals surface area contributed by atoms with E-state index >= 15 is 0 Å². The molecule has 0 N–H and O–H groups in total. The van der Waals surface area contributed by atoms with Crippen molar-refractivity contribution in [3.05, 3.63) is 0 Å². The molecule has 1 aliphatic carbocycles. The molecule has 0 aromatic heterocycles. The van der Waals surface area contributed by atoms with Crippen molar-refractivity contribution in [1.29, 1.82) is 0 Å². The summed E-state index contributed by atoms with van der Waals surface area (Å²) in [5, 5.41) is -0.371. The Bertz CT molecular complexity index is 248. The van der Waals surface area contributed by atoms with Crippen LogP contribution in [-0.4, -0.2) is 28.3 Å². The summed E-state index contributed by atoms with van der Waals surface area (Å²) >= 11 is 0. The second-order valence-corrected chi connectivity index (χ2v) is 5.94. The van der Waals surface area contributed by atoms with Crippen LogP contribution in [0.5, 0.6) is 0 Å². The highest BCUT2D eigenvalue weighted by atomic mass is 32.2. The maximum absolute atomic E-state index is 12.0. The van der Waals surface area contributed by atoms with Gasteiger partial charge in [0.25, 0.3) is 0 Å². The summed E-state index contributed by atoms with van der Waals surface area (Å²) in [5.74, 6) is 1.05. The van der Waals surface area contributed by atoms with Crippen molar-refractivity contribution in [1.82, 2.24) is 0 Å². The first-order valence-corrected chi connectivity index (χ1v) is 6.93. The van der Waals surface area contributed by atoms with Crippen LogP contribution in [0.25, 0.3) is 0 Å². The minimum atomic E-state index is -1.06. The smallest absolute Gasteiger partial charge is 0.321 e. The van der Waals surface area contributed by atoms with Gasteiger partial charge in [0.2, 0.25) is 0 Å². The van der Waals surface area contributed by atoms with Gasteiger partial charge in [0, 0.05) is 16.6 Å². The Morgan fingerprint density at radius 2 is 2.13 bits per heavy atom. The fourth-order valence-corrected chi connectivity index (χ4v) is 3.55. The highest BCUT2D eigenvalue weighted by Crippen LogP contribution is 2.36. The van der Waals surface area contributed by atoms with Crippen LogP contribution in [0, 0.1) is 11.8 Å². The Morgan fingerprint density at radius 3 is 2.53 bits per heavy atom. The molecule has 0 radical (unpaired) electrons. The first-order chi connectivity index (χ1) is 7.10.